The molecule has 2 amide bonds. The van der Waals surface area contributed by atoms with E-state index < -0.39 is 18.0 Å². The van der Waals surface area contributed by atoms with Crippen LogP contribution in [0.2, 0.25) is 0 Å². The molecule has 2 rings (SSSR count). The van der Waals surface area contributed by atoms with Gasteiger partial charge in [-0.05, 0) is 31.6 Å². The lowest BCUT2D eigenvalue weighted by atomic mass is 10.1. The second-order valence-electron chi connectivity index (χ2n) is 5.72. The first-order valence-corrected chi connectivity index (χ1v) is 7.53. The molecule has 2 aliphatic rings. The van der Waals surface area contributed by atoms with Crippen LogP contribution in [0.4, 0.5) is 4.79 Å². The fraction of sp³-hybridized carbons (Fsp3) is 0.857. The number of carbonyl (C=O) groups is 2. The van der Waals surface area contributed by atoms with Gasteiger partial charge in [0.05, 0.1) is 12.1 Å². The van der Waals surface area contributed by atoms with Crippen molar-refractivity contribution in [2.75, 3.05) is 6.61 Å². The summed E-state index contributed by atoms with van der Waals surface area (Å²) in [4.78, 5) is 23.0. The van der Waals surface area contributed by atoms with Crippen molar-refractivity contribution in [2.24, 2.45) is 5.92 Å². The molecule has 3 unspecified atom stereocenters. The van der Waals surface area contributed by atoms with Gasteiger partial charge < -0.3 is 20.5 Å². The molecule has 3 N–H and O–H groups in total. The molecule has 0 spiro atoms. The summed E-state index contributed by atoms with van der Waals surface area (Å²) in [7, 11) is 0. The van der Waals surface area contributed by atoms with Crippen molar-refractivity contribution < 1.29 is 19.4 Å². The number of amides is 2. The third-order valence-electron chi connectivity index (χ3n) is 3.99. The molecule has 1 heterocycles. The Morgan fingerprint density at radius 2 is 2.10 bits per heavy atom. The number of urea groups is 1. The molecule has 1 aliphatic heterocycles. The number of nitrogens with one attached hydrogen (secondary N) is 2. The molecular weight excluding hydrogens is 260 g/mol. The second-order valence-corrected chi connectivity index (χ2v) is 5.72. The molecule has 1 saturated heterocycles. The Balaban J connectivity index is 1.79. The minimum absolute atomic E-state index is 0.0168. The van der Waals surface area contributed by atoms with E-state index in [0.29, 0.717) is 18.9 Å². The lowest BCUT2D eigenvalue weighted by Crippen LogP contribution is -2.51. The van der Waals surface area contributed by atoms with Gasteiger partial charge in [0, 0.05) is 6.61 Å². The Morgan fingerprint density at radius 1 is 1.35 bits per heavy atom. The zero-order valence-corrected chi connectivity index (χ0v) is 11.9. The van der Waals surface area contributed by atoms with E-state index in [9.17, 15) is 9.59 Å². The number of hydrogen-bond acceptors (Lipinski definition) is 3. The average Bonchev–Trinajstić information content (AvgIpc) is 3.15. The van der Waals surface area contributed by atoms with Gasteiger partial charge in [0.1, 0.15) is 6.04 Å². The summed E-state index contributed by atoms with van der Waals surface area (Å²) in [5.74, 6) is -0.409. The van der Waals surface area contributed by atoms with E-state index in [2.05, 4.69) is 10.6 Å². The number of ether oxygens (including phenoxy) is 1. The highest BCUT2D eigenvalue weighted by atomic mass is 16.5. The minimum Gasteiger partial charge on any atom is -0.480 e. The van der Waals surface area contributed by atoms with Gasteiger partial charge in [-0.3, -0.25) is 0 Å². The number of aliphatic carboxylic acids is 1. The van der Waals surface area contributed by atoms with E-state index in [-0.39, 0.29) is 12.1 Å². The van der Waals surface area contributed by atoms with Crippen LogP contribution in [0.3, 0.4) is 0 Å². The van der Waals surface area contributed by atoms with Gasteiger partial charge >= 0.3 is 12.0 Å². The molecule has 3 atom stereocenters. The van der Waals surface area contributed by atoms with Crippen LogP contribution in [0.5, 0.6) is 0 Å². The van der Waals surface area contributed by atoms with Crippen molar-refractivity contribution in [1.29, 1.82) is 0 Å². The van der Waals surface area contributed by atoms with Crippen LogP contribution in [-0.4, -0.2) is 41.9 Å². The fourth-order valence-corrected chi connectivity index (χ4v) is 2.69. The molecule has 2 fully saturated rings. The van der Waals surface area contributed by atoms with Crippen LogP contribution in [0.25, 0.3) is 0 Å². The van der Waals surface area contributed by atoms with Gasteiger partial charge in [0.2, 0.25) is 0 Å². The average molecular weight is 284 g/mol. The maximum absolute atomic E-state index is 11.9. The summed E-state index contributed by atoms with van der Waals surface area (Å²) in [5.41, 5.74) is 0. The highest BCUT2D eigenvalue weighted by Gasteiger charge is 2.41. The topological polar surface area (TPSA) is 87.7 Å². The zero-order valence-electron chi connectivity index (χ0n) is 11.9. The Hall–Kier alpha value is -1.30. The van der Waals surface area contributed by atoms with Gasteiger partial charge in [-0.1, -0.05) is 19.8 Å². The second kappa shape index (κ2) is 6.92. The summed E-state index contributed by atoms with van der Waals surface area (Å²) < 4.78 is 5.65. The largest absolute Gasteiger partial charge is 0.480 e. The van der Waals surface area contributed by atoms with Crippen molar-refractivity contribution in [1.82, 2.24) is 10.6 Å². The SMILES string of the molecule is CCCCC(NC(=O)NC1CCOC1C1CC1)C(=O)O. The molecular formula is C14H24N2O4. The molecule has 1 aliphatic carbocycles. The number of rotatable bonds is 7. The molecule has 0 aromatic heterocycles. The Bertz CT molecular complexity index is 357. The molecule has 6 nitrogen and oxygen atoms in total. The third kappa shape index (κ3) is 4.10. The first-order chi connectivity index (χ1) is 9.61. The fourth-order valence-electron chi connectivity index (χ4n) is 2.69. The van der Waals surface area contributed by atoms with E-state index in [1.54, 1.807) is 0 Å². The monoisotopic (exact) mass is 284 g/mol. The van der Waals surface area contributed by atoms with E-state index in [0.717, 1.165) is 19.3 Å². The number of carbonyl (C=O) groups excluding carboxylic acids is 1. The number of unbranched alkanes of at least 4 members (excludes halogenated alkanes) is 1. The molecule has 0 radical (unpaired) electrons. The normalized spacial score (nSPS) is 27.1. The number of carboxylic acid groups (broad SMARTS) is 1. The standard InChI is InChI=1S/C14H24N2O4/c1-2-3-4-11(13(17)18)16-14(19)15-10-7-8-20-12(10)9-5-6-9/h9-12H,2-8H2,1H3,(H,17,18)(H2,15,16,19). The van der Waals surface area contributed by atoms with Crippen LogP contribution >= 0.6 is 0 Å². The van der Waals surface area contributed by atoms with E-state index in [1.807, 2.05) is 6.92 Å². The number of hydrogen-bond donors (Lipinski definition) is 3. The summed E-state index contributed by atoms with van der Waals surface area (Å²) >= 11 is 0. The predicted molar refractivity (Wildman–Crippen MR) is 73.5 cm³/mol. The van der Waals surface area contributed by atoms with Crippen molar-refractivity contribution in [3.8, 4) is 0 Å². The first-order valence-electron chi connectivity index (χ1n) is 7.53. The van der Waals surface area contributed by atoms with Crippen molar-refractivity contribution >= 4 is 12.0 Å². The molecule has 114 valence electrons. The molecule has 20 heavy (non-hydrogen) atoms. The van der Waals surface area contributed by atoms with Crippen LogP contribution < -0.4 is 10.6 Å². The lowest BCUT2D eigenvalue weighted by molar-refractivity contribution is -0.139. The predicted octanol–water partition coefficient (Wildman–Crippen LogP) is 1.50. The quantitative estimate of drug-likeness (QED) is 0.661. The minimum atomic E-state index is -0.977. The first kappa shape index (κ1) is 15.1. The highest BCUT2D eigenvalue weighted by molar-refractivity contribution is 5.82. The molecule has 1 saturated carbocycles. The summed E-state index contributed by atoms with van der Waals surface area (Å²) in [5, 5.41) is 14.5. The summed E-state index contributed by atoms with van der Waals surface area (Å²) in [6.07, 6.45) is 5.41. The van der Waals surface area contributed by atoms with Crippen LogP contribution in [0.1, 0.15) is 45.4 Å². The van der Waals surface area contributed by atoms with Crippen molar-refractivity contribution in [3.63, 3.8) is 0 Å². The lowest BCUT2D eigenvalue weighted by Gasteiger charge is -2.21. The molecule has 6 heteroatoms. The Kier molecular flexibility index (Phi) is 5.23. The Labute approximate surface area is 119 Å². The Morgan fingerprint density at radius 3 is 2.70 bits per heavy atom. The van der Waals surface area contributed by atoms with Crippen LogP contribution in [0.15, 0.2) is 0 Å². The van der Waals surface area contributed by atoms with Gasteiger partial charge in [0.25, 0.3) is 0 Å². The number of carboxylic acids is 1. The molecule has 0 aromatic carbocycles. The smallest absolute Gasteiger partial charge is 0.326 e. The summed E-state index contributed by atoms with van der Waals surface area (Å²) in [6, 6.07) is -1.19. The van der Waals surface area contributed by atoms with Gasteiger partial charge in [0.15, 0.2) is 0 Å². The molecule has 0 aromatic rings. The van der Waals surface area contributed by atoms with E-state index in [1.165, 1.54) is 12.8 Å². The third-order valence-corrected chi connectivity index (χ3v) is 3.99. The molecule has 0 bridgehead atoms. The van der Waals surface area contributed by atoms with Crippen molar-refractivity contribution in [2.45, 2.75) is 63.6 Å². The van der Waals surface area contributed by atoms with Crippen molar-refractivity contribution in [3.05, 3.63) is 0 Å². The van der Waals surface area contributed by atoms with Crippen LogP contribution in [0, 0.1) is 5.92 Å². The van der Waals surface area contributed by atoms with E-state index >= 15 is 0 Å². The van der Waals surface area contributed by atoms with Gasteiger partial charge in [-0.2, -0.15) is 0 Å². The van der Waals surface area contributed by atoms with Gasteiger partial charge in [-0.25, -0.2) is 9.59 Å². The van der Waals surface area contributed by atoms with Crippen LogP contribution in [-0.2, 0) is 9.53 Å². The maximum atomic E-state index is 11.9. The van der Waals surface area contributed by atoms with Gasteiger partial charge in [-0.15, -0.1) is 0 Å². The maximum Gasteiger partial charge on any atom is 0.326 e. The zero-order chi connectivity index (χ0) is 14.5. The summed E-state index contributed by atoms with van der Waals surface area (Å²) in [6.45, 7) is 2.67. The van der Waals surface area contributed by atoms with E-state index in [4.69, 9.17) is 9.84 Å². The highest BCUT2D eigenvalue weighted by Crippen LogP contribution is 2.38.